The van der Waals surface area contributed by atoms with Crippen LogP contribution in [0.15, 0.2) is 22.9 Å². The summed E-state index contributed by atoms with van der Waals surface area (Å²) >= 11 is 3.48. The first-order valence-electron chi connectivity index (χ1n) is 11.3. The van der Waals surface area contributed by atoms with E-state index in [0.717, 1.165) is 85.1 Å². The van der Waals surface area contributed by atoms with Crippen LogP contribution in [0.3, 0.4) is 0 Å². The minimum Gasteiger partial charge on any atom is -0.376 e. The van der Waals surface area contributed by atoms with Crippen molar-refractivity contribution in [3.63, 3.8) is 0 Å². The van der Waals surface area contributed by atoms with E-state index in [1.54, 1.807) is 0 Å². The molecule has 3 aromatic heterocycles. The fourth-order valence-corrected chi connectivity index (χ4v) is 5.76. The van der Waals surface area contributed by atoms with Crippen molar-refractivity contribution in [1.82, 2.24) is 25.1 Å². The van der Waals surface area contributed by atoms with E-state index >= 15 is 0 Å². The summed E-state index contributed by atoms with van der Waals surface area (Å²) in [5, 5.41) is 7.69. The molecule has 1 spiro atoms. The number of ether oxygens (including phenoxy) is 1. The Morgan fingerprint density at radius 3 is 2.84 bits per heavy atom. The smallest absolute Gasteiger partial charge is 0.183 e. The number of H-pyrrole nitrogens is 1. The van der Waals surface area contributed by atoms with E-state index < -0.39 is 0 Å². The largest absolute Gasteiger partial charge is 0.376 e. The third kappa shape index (κ3) is 3.19. The molecule has 0 amide bonds. The van der Waals surface area contributed by atoms with Crippen molar-refractivity contribution in [3.05, 3.63) is 28.6 Å². The average Bonchev–Trinajstić information content (AvgIpc) is 3.35. The van der Waals surface area contributed by atoms with Crippen LogP contribution < -0.4 is 15.5 Å². The Morgan fingerprint density at radius 1 is 1.22 bits per heavy atom. The van der Waals surface area contributed by atoms with Crippen molar-refractivity contribution in [2.24, 2.45) is 11.1 Å². The normalized spacial score (nSPS) is 25.0. The van der Waals surface area contributed by atoms with Gasteiger partial charge in [0.1, 0.15) is 10.4 Å². The van der Waals surface area contributed by atoms with Crippen LogP contribution in [-0.4, -0.2) is 63.5 Å². The lowest BCUT2D eigenvalue weighted by molar-refractivity contribution is 0.0974. The zero-order valence-electron chi connectivity index (χ0n) is 18.1. The van der Waals surface area contributed by atoms with Crippen LogP contribution in [0.1, 0.15) is 31.9 Å². The van der Waals surface area contributed by atoms with Crippen LogP contribution in [0.2, 0.25) is 0 Å². The van der Waals surface area contributed by atoms with Crippen LogP contribution >= 0.6 is 15.9 Å². The zero-order chi connectivity index (χ0) is 21.9. The molecule has 3 aliphatic heterocycles. The second-order valence-corrected chi connectivity index (χ2v) is 10.0. The molecule has 2 atom stereocenters. The highest BCUT2D eigenvalue weighted by Crippen LogP contribution is 2.42. The van der Waals surface area contributed by atoms with Gasteiger partial charge in [-0.15, -0.1) is 0 Å². The molecule has 0 radical (unpaired) electrons. The monoisotopic (exact) mass is 498 g/mol. The molecule has 0 bridgehead atoms. The predicted octanol–water partition coefficient (Wildman–Crippen LogP) is 2.93. The Hall–Kier alpha value is -2.30. The Labute approximate surface area is 194 Å². The summed E-state index contributed by atoms with van der Waals surface area (Å²) < 4.78 is 6.71. The first-order chi connectivity index (χ1) is 15.5. The molecular formula is C22H27BrN8O. The second kappa shape index (κ2) is 7.64. The number of rotatable bonds is 2. The lowest BCUT2D eigenvalue weighted by Crippen LogP contribution is -2.50. The van der Waals surface area contributed by atoms with Gasteiger partial charge in [0.2, 0.25) is 0 Å². The number of aromatic nitrogens is 5. The molecule has 6 heterocycles. The van der Waals surface area contributed by atoms with Crippen LogP contribution in [0, 0.1) is 5.41 Å². The molecule has 168 valence electrons. The first kappa shape index (κ1) is 20.3. The molecule has 3 aromatic rings. The third-order valence-electron chi connectivity index (χ3n) is 7.43. The highest BCUT2D eigenvalue weighted by molar-refractivity contribution is 9.10. The third-order valence-corrected chi connectivity index (χ3v) is 7.87. The topological polar surface area (TPSA) is 109 Å². The van der Waals surface area contributed by atoms with Crippen molar-refractivity contribution in [2.45, 2.75) is 44.8 Å². The Morgan fingerprint density at radius 2 is 2.06 bits per heavy atom. The van der Waals surface area contributed by atoms with Gasteiger partial charge < -0.3 is 20.3 Å². The number of anilines is 3. The molecule has 0 aliphatic carbocycles. The van der Waals surface area contributed by atoms with Gasteiger partial charge in [0, 0.05) is 31.1 Å². The maximum Gasteiger partial charge on any atom is 0.183 e. The van der Waals surface area contributed by atoms with Gasteiger partial charge >= 0.3 is 0 Å². The SMILES string of the molecule is C[C@@H]1OCC2(CCN(c3cnc4c(N5CCCc6nc(Br)ccc65)n[nH]c4n3)CC2)[C@@H]1N. The number of halogens is 1. The van der Waals surface area contributed by atoms with Gasteiger partial charge in [0.15, 0.2) is 17.0 Å². The number of aromatic amines is 1. The van der Waals surface area contributed by atoms with Crippen molar-refractivity contribution in [1.29, 1.82) is 0 Å². The van der Waals surface area contributed by atoms with E-state index in [-0.39, 0.29) is 17.6 Å². The highest BCUT2D eigenvalue weighted by Gasteiger charge is 2.47. The van der Waals surface area contributed by atoms with Gasteiger partial charge in [0.05, 0.1) is 30.3 Å². The first-order valence-corrected chi connectivity index (χ1v) is 12.1. The quantitative estimate of drug-likeness (QED) is 0.519. The molecule has 0 saturated carbocycles. The molecule has 9 nitrogen and oxygen atoms in total. The lowest BCUT2D eigenvalue weighted by atomic mass is 9.73. The van der Waals surface area contributed by atoms with E-state index in [2.05, 4.69) is 53.9 Å². The maximum atomic E-state index is 6.47. The van der Waals surface area contributed by atoms with E-state index in [0.29, 0.717) is 5.65 Å². The number of pyridine rings is 1. The Bertz CT molecular complexity index is 1160. The molecule has 10 heteroatoms. The highest BCUT2D eigenvalue weighted by atomic mass is 79.9. The van der Waals surface area contributed by atoms with Crippen LogP contribution in [0.4, 0.5) is 17.3 Å². The minimum absolute atomic E-state index is 0.0965. The minimum atomic E-state index is 0.0965. The molecule has 2 saturated heterocycles. The molecule has 0 unspecified atom stereocenters. The number of piperidine rings is 1. The van der Waals surface area contributed by atoms with Crippen LogP contribution in [0.5, 0.6) is 0 Å². The van der Waals surface area contributed by atoms with Gasteiger partial charge in [-0.1, -0.05) is 0 Å². The van der Waals surface area contributed by atoms with E-state index in [9.17, 15) is 0 Å². The number of nitrogens with zero attached hydrogens (tertiary/aromatic N) is 6. The molecular weight excluding hydrogens is 472 g/mol. The fourth-order valence-electron chi connectivity index (χ4n) is 5.42. The molecule has 32 heavy (non-hydrogen) atoms. The van der Waals surface area contributed by atoms with Crippen molar-refractivity contribution in [2.75, 3.05) is 36.0 Å². The van der Waals surface area contributed by atoms with E-state index in [1.807, 2.05) is 12.3 Å². The second-order valence-electron chi connectivity index (χ2n) is 9.22. The van der Waals surface area contributed by atoms with Crippen LogP contribution in [-0.2, 0) is 11.2 Å². The van der Waals surface area contributed by atoms with Crippen LogP contribution in [0.25, 0.3) is 11.2 Å². The Kier molecular flexibility index (Phi) is 4.85. The number of hydrogen-bond acceptors (Lipinski definition) is 8. The van der Waals surface area contributed by atoms with Gasteiger partial charge in [-0.25, -0.2) is 15.0 Å². The predicted molar refractivity (Wildman–Crippen MR) is 126 cm³/mol. The van der Waals surface area contributed by atoms with Crippen molar-refractivity contribution in [3.8, 4) is 0 Å². The summed E-state index contributed by atoms with van der Waals surface area (Å²) in [5.74, 6) is 1.69. The Balaban J connectivity index is 1.25. The van der Waals surface area contributed by atoms with Crippen molar-refractivity contribution < 1.29 is 4.74 Å². The standard InChI is InChI=1S/C22H27BrN8O/c1-13-19(24)22(12-32-13)6-9-30(10-7-22)17-11-25-18-20(27-17)28-29-21(18)31-8-2-3-14-15(31)4-5-16(23)26-14/h4-5,11,13,19H,2-3,6-10,12,24H2,1H3,(H,27,28,29)/t13-,19+/m0/s1. The summed E-state index contributed by atoms with van der Waals surface area (Å²) in [6.07, 6.45) is 6.03. The molecule has 2 fully saturated rings. The zero-order valence-corrected chi connectivity index (χ0v) is 19.7. The molecule has 0 aromatic carbocycles. The van der Waals surface area contributed by atoms with Gasteiger partial charge in [0.25, 0.3) is 0 Å². The number of hydrogen-bond donors (Lipinski definition) is 2. The summed E-state index contributed by atoms with van der Waals surface area (Å²) in [7, 11) is 0. The summed E-state index contributed by atoms with van der Waals surface area (Å²) in [5.41, 5.74) is 10.2. The van der Waals surface area contributed by atoms with E-state index in [1.165, 1.54) is 0 Å². The fraction of sp³-hybridized carbons (Fsp3) is 0.545. The summed E-state index contributed by atoms with van der Waals surface area (Å²) in [4.78, 5) is 18.8. The lowest BCUT2D eigenvalue weighted by Gasteiger charge is -2.41. The van der Waals surface area contributed by atoms with Gasteiger partial charge in [-0.2, -0.15) is 5.10 Å². The number of fused-ring (bicyclic) bond motifs is 2. The number of aryl methyl sites for hydroxylation is 1. The number of nitrogens with one attached hydrogen (secondary N) is 1. The van der Waals surface area contributed by atoms with Gasteiger partial charge in [-0.05, 0) is 60.7 Å². The maximum absolute atomic E-state index is 6.47. The summed E-state index contributed by atoms with van der Waals surface area (Å²) in [6.45, 7) is 5.54. The average molecular weight is 499 g/mol. The van der Waals surface area contributed by atoms with Gasteiger partial charge in [-0.3, -0.25) is 5.10 Å². The van der Waals surface area contributed by atoms with Crippen molar-refractivity contribution >= 4 is 44.4 Å². The summed E-state index contributed by atoms with van der Waals surface area (Å²) in [6, 6.07) is 4.17. The van der Waals surface area contributed by atoms with E-state index in [4.69, 9.17) is 20.4 Å². The molecule has 3 N–H and O–H groups in total. The number of nitrogens with two attached hydrogens (primary N) is 1. The molecule has 3 aliphatic rings. The molecule has 6 rings (SSSR count).